The monoisotopic (exact) mass is 505 g/mol. The lowest BCUT2D eigenvalue weighted by molar-refractivity contribution is 0.00578. The largest absolute Gasteiger partial charge is 0.497 e. The number of fused-ring (bicyclic) bond motifs is 1. The SMILES string of the molecule is C=C(B1OC(C)(C)C(C)(C)O1)C(C1CCCCC1)C(Nc1ccc(OC)cc1)c1cccc2c1OCO2. The Morgan fingerprint density at radius 2 is 1.65 bits per heavy atom. The predicted octanol–water partition coefficient (Wildman–Crippen LogP) is 6.96. The van der Waals surface area contributed by atoms with Crippen LogP contribution in [-0.4, -0.2) is 32.2 Å². The van der Waals surface area contributed by atoms with Gasteiger partial charge in [-0.25, -0.2) is 0 Å². The first-order valence-electron chi connectivity index (χ1n) is 13.5. The van der Waals surface area contributed by atoms with Crippen molar-refractivity contribution in [3.63, 3.8) is 0 Å². The van der Waals surface area contributed by atoms with Gasteiger partial charge < -0.3 is 28.8 Å². The van der Waals surface area contributed by atoms with Gasteiger partial charge in [0.05, 0.1) is 24.4 Å². The molecule has 2 aromatic carbocycles. The Hall–Kier alpha value is -2.64. The molecule has 0 spiro atoms. The molecule has 1 N–H and O–H groups in total. The van der Waals surface area contributed by atoms with Crippen molar-refractivity contribution in [2.75, 3.05) is 19.2 Å². The Bertz CT molecular complexity index is 1090. The molecule has 7 heteroatoms. The molecular formula is C30H40BNO5. The highest BCUT2D eigenvalue weighted by atomic mass is 16.7. The van der Waals surface area contributed by atoms with Crippen LogP contribution in [0.5, 0.6) is 17.2 Å². The number of rotatable bonds is 8. The Morgan fingerprint density at radius 1 is 0.973 bits per heavy atom. The zero-order valence-corrected chi connectivity index (χ0v) is 22.8. The number of methoxy groups -OCH3 is 1. The average Bonchev–Trinajstić information content (AvgIpc) is 3.45. The highest BCUT2D eigenvalue weighted by Gasteiger charge is 2.54. The first-order chi connectivity index (χ1) is 17.7. The maximum Gasteiger partial charge on any atom is 0.490 e. The van der Waals surface area contributed by atoms with Crippen LogP contribution in [-0.2, 0) is 9.31 Å². The van der Waals surface area contributed by atoms with Crippen molar-refractivity contribution in [2.24, 2.45) is 11.8 Å². The third-order valence-corrected chi connectivity index (χ3v) is 8.68. The maximum atomic E-state index is 6.53. The summed E-state index contributed by atoms with van der Waals surface area (Å²) in [7, 11) is 1.20. The van der Waals surface area contributed by atoms with Gasteiger partial charge in [-0.2, -0.15) is 0 Å². The topological polar surface area (TPSA) is 58.2 Å². The molecule has 2 aromatic rings. The van der Waals surface area contributed by atoms with Crippen molar-refractivity contribution < 1.29 is 23.5 Å². The van der Waals surface area contributed by atoms with E-state index in [9.17, 15) is 0 Å². The minimum absolute atomic E-state index is 0.0628. The van der Waals surface area contributed by atoms with Crippen molar-refractivity contribution in [1.82, 2.24) is 0 Å². The lowest BCUT2D eigenvalue weighted by atomic mass is 9.61. The average molecular weight is 505 g/mol. The fraction of sp³-hybridized carbons (Fsp3) is 0.533. The van der Waals surface area contributed by atoms with E-state index in [0.29, 0.717) is 5.92 Å². The van der Waals surface area contributed by atoms with E-state index in [1.807, 2.05) is 24.3 Å². The molecule has 2 heterocycles. The van der Waals surface area contributed by atoms with Crippen LogP contribution in [0.4, 0.5) is 5.69 Å². The van der Waals surface area contributed by atoms with Gasteiger partial charge in [0.2, 0.25) is 6.79 Å². The first kappa shape index (κ1) is 26.0. The van der Waals surface area contributed by atoms with Crippen LogP contribution in [0.2, 0.25) is 0 Å². The summed E-state index contributed by atoms with van der Waals surface area (Å²) in [5, 5.41) is 3.86. The Morgan fingerprint density at radius 3 is 2.30 bits per heavy atom. The summed E-state index contributed by atoms with van der Waals surface area (Å²) in [6.07, 6.45) is 6.02. The number of hydrogen-bond acceptors (Lipinski definition) is 6. The third kappa shape index (κ3) is 5.08. The van der Waals surface area contributed by atoms with Crippen LogP contribution in [0.3, 0.4) is 0 Å². The molecule has 2 atom stereocenters. The molecule has 3 aliphatic rings. The summed E-state index contributed by atoms with van der Waals surface area (Å²) in [5.74, 6) is 2.91. The van der Waals surface area contributed by atoms with Gasteiger partial charge in [0.15, 0.2) is 11.5 Å². The second-order valence-electron chi connectivity index (χ2n) is 11.5. The van der Waals surface area contributed by atoms with Crippen molar-refractivity contribution in [2.45, 2.75) is 77.0 Å². The Kier molecular flexibility index (Phi) is 7.21. The van der Waals surface area contributed by atoms with Gasteiger partial charge in [-0.15, -0.1) is 6.58 Å². The number of anilines is 1. The molecule has 0 aromatic heterocycles. The molecule has 0 amide bonds. The molecule has 198 valence electrons. The number of para-hydroxylation sites is 1. The van der Waals surface area contributed by atoms with E-state index in [2.05, 4.69) is 57.8 Å². The molecule has 2 unspecified atom stereocenters. The second kappa shape index (κ2) is 10.3. The van der Waals surface area contributed by atoms with E-state index in [1.54, 1.807) is 7.11 Å². The second-order valence-corrected chi connectivity index (χ2v) is 11.5. The van der Waals surface area contributed by atoms with E-state index < -0.39 is 18.3 Å². The summed E-state index contributed by atoms with van der Waals surface area (Å²) in [4.78, 5) is 0. The van der Waals surface area contributed by atoms with Crippen LogP contribution in [0.1, 0.15) is 71.4 Å². The molecule has 37 heavy (non-hydrogen) atoms. The van der Waals surface area contributed by atoms with E-state index in [1.165, 1.54) is 19.3 Å². The van der Waals surface area contributed by atoms with Gasteiger partial charge in [-0.05, 0) is 82.3 Å². The number of hydrogen-bond donors (Lipinski definition) is 1. The quantitative estimate of drug-likeness (QED) is 0.392. The minimum atomic E-state index is -0.481. The molecule has 0 bridgehead atoms. The van der Waals surface area contributed by atoms with E-state index in [4.69, 9.17) is 23.5 Å². The third-order valence-electron chi connectivity index (χ3n) is 8.68. The maximum absolute atomic E-state index is 6.53. The Labute approximate surface area is 221 Å². The summed E-state index contributed by atoms with van der Waals surface area (Å²) < 4.78 is 30.3. The standard InChI is InChI=1S/C30H40BNO5/c1-20(31-36-29(2,3)30(4,5)37-31)26(21-11-8-7-9-12-21)27(32-22-15-17-23(33-6)18-16-22)24-13-10-14-25-28(24)35-19-34-25/h10,13-18,21,26-27,32H,1,7-9,11-12,19H2,2-6H3. The van der Waals surface area contributed by atoms with Gasteiger partial charge in [0, 0.05) is 17.2 Å². The van der Waals surface area contributed by atoms with Crippen LogP contribution >= 0.6 is 0 Å². The highest BCUT2D eigenvalue weighted by molar-refractivity contribution is 6.54. The smallest absolute Gasteiger partial charge is 0.490 e. The van der Waals surface area contributed by atoms with Crippen LogP contribution in [0.25, 0.3) is 0 Å². The summed E-state index contributed by atoms with van der Waals surface area (Å²) in [5.41, 5.74) is 2.19. The number of nitrogens with one attached hydrogen (secondary N) is 1. The van der Waals surface area contributed by atoms with Gasteiger partial charge in [-0.1, -0.05) is 31.4 Å². The molecule has 6 nitrogen and oxygen atoms in total. The molecule has 0 radical (unpaired) electrons. The van der Waals surface area contributed by atoms with E-state index in [0.717, 1.165) is 46.8 Å². The summed E-state index contributed by atoms with van der Waals surface area (Å²) in [6, 6.07) is 14.1. The molecule has 2 aliphatic heterocycles. The van der Waals surface area contributed by atoms with Crippen molar-refractivity contribution in [3.8, 4) is 17.2 Å². The normalized spacial score (nSPS) is 21.9. The van der Waals surface area contributed by atoms with Crippen LogP contribution in [0.15, 0.2) is 54.5 Å². The first-order valence-corrected chi connectivity index (χ1v) is 13.5. The molecule has 1 aliphatic carbocycles. The number of benzene rings is 2. The predicted molar refractivity (Wildman–Crippen MR) is 147 cm³/mol. The fourth-order valence-electron chi connectivity index (χ4n) is 5.86. The summed E-state index contributed by atoms with van der Waals surface area (Å²) in [6.45, 7) is 13.3. The van der Waals surface area contributed by atoms with Gasteiger partial charge >= 0.3 is 7.12 Å². The molecule has 1 saturated heterocycles. The van der Waals surface area contributed by atoms with Crippen molar-refractivity contribution >= 4 is 12.8 Å². The van der Waals surface area contributed by atoms with Crippen LogP contribution < -0.4 is 19.5 Å². The molecule has 2 fully saturated rings. The minimum Gasteiger partial charge on any atom is -0.497 e. The van der Waals surface area contributed by atoms with Gasteiger partial charge in [0.25, 0.3) is 0 Å². The van der Waals surface area contributed by atoms with Gasteiger partial charge in [-0.3, -0.25) is 0 Å². The summed E-state index contributed by atoms with van der Waals surface area (Å²) >= 11 is 0. The van der Waals surface area contributed by atoms with Crippen molar-refractivity contribution in [1.29, 1.82) is 0 Å². The highest BCUT2D eigenvalue weighted by Crippen LogP contribution is 2.50. The van der Waals surface area contributed by atoms with E-state index >= 15 is 0 Å². The number of ether oxygens (including phenoxy) is 3. The van der Waals surface area contributed by atoms with Crippen LogP contribution in [0, 0.1) is 11.8 Å². The fourth-order valence-corrected chi connectivity index (χ4v) is 5.86. The molecule has 5 rings (SSSR count). The van der Waals surface area contributed by atoms with Gasteiger partial charge in [0.1, 0.15) is 5.75 Å². The lowest BCUT2D eigenvalue weighted by Gasteiger charge is -2.39. The Balaban J connectivity index is 1.57. The zero-order chi connectivity index (χ0) is 26.2. The van der Waals surface area contributed by atoms with Crippen molar-refractivity contribution in [3.05, 3.63) is 60.1 Å². The lowest BCUT2D eigenvalue weighted by Crippen LogP contribution is -2.41. The molecular weight excluding hydrogens is 465 g/mol. The molecule has 1 saturated carbocycles. The zero-order valence-electron chi connectivity index (χ0n) is 22.8. The van der Waals surface area contributed by atoms with E-state index in [-0.39, 0.29) is 18.8 Å².